The first-order valence-corrected chi connectivity index (χ1v) is 6.60. The van der Waals surface area contributed by atoms with Crippen LogP contribution < -0.4 is 16.9 Å². The van der Waals surface area contributed by atoms with Crippen LogP contribution in [0.3, 0.4) is 0 Å². The van der Waals surface area contributed by atoms with Crippen LogP contribution in [0.25, 0.3) is 11.0 Å². The summed E-state index contributed by atoms with van der Waals surface area (Å²) >= 11 is 0. The van der Waals surface area contributed by atoms with Crippen LogP contribution in [-0.4, -0.2) is 32.2 Å². The van der Waals surface area contributed by atoms with Gasteiger partial charge >= 0.3 is 11.1 Å². The van der Waals surface area contributed by atoms with Crippen molar-refractivity contribution in [1.82, 2.24) is 14.9 Å². The molecule has 1 aliphatic rings. The van der Waals surface area contributed by atoms with Gasteiger partial charge in [0.05, 0.1) is 16.0 Å². The molecule has 1 aromatic carbocycles. The largest absolute Gasteiger partial charge is 0.352 e. The van der Waals surface area contributed by atoms with Gasteiger partial charge < -0.3 is 20.6 Å². The number of nitrogens with one attached hydrogen (secondary N) is 2. The van der Waals surface area contributed by atoms with E-state index < -0.39 is 22.2 Å². The van der Waals surface area contributed by atoms with E-state index in [2.05, 4.69) is 15.0 Å². The molecule has 0 saturated carbocycles. The van der Waals surface area contributed by atoms with Crippen LogP contribution in [0.1, 0.15) is 5.56 Å². The Kier molecular flexibility index (Phi) is 3.50. The van der Waals surface area contributed by atoms with Crippen LogP contribution in [0.5, 0.6) is 0 Å². The van der Waals surface area contributed by atoms with Crippen LogP contribution in [0.2, 0.25) is 0 Å². The Labute approximate surface area is 128 Å². The molecular formula is C13H12N6O4. The number of nitrogens with two attached hydrogens (primary N) is 1. The van der Waals surface area contributed by atoms with Gasteiger partial charge in [-0.05, 0) is 0 Å². The number of aliphatic imine (C=N–C) groups is 1. The molecule has 0 amide bonds. The van der Waals surface area contributed by atoms with Gasteiger partial charge in [0.25, 0.3) is 5.69 Å². The fourth-order valence-corrected chi connectivity index (χ4v) is 2.31. The van der Waals surface area contributed by atoms with Crippen LogP contribution in [0.4, 0.5) is 5.69 Å². The second-order valence-corrected chi connectivity index (χ2v) is 4.95. The van der Waals surface area contributed by atoms with E-state index in [0.29, 0.717) is 11.1 Å². The molecule has 1 aliphatic heterocycles. The Morgan fingerprint density at radius 1 is 1.30 bits per heavy atom. The Balaban J connectivity index is 2.17. The summed E-state index contributed by atoms with van der Waals surface area (Å²) in [5.41, 5.74) is 4.95. The van der Waals surface area contributed by atoms with E-state index in [1.54, 1.807) is 11.1 Å². The molecule has 0 fully saturated rings. The highest BCUT2D eigenvalue weighted by Gasteiger charge is 2.18. The third-order valence-electron chi connectivity index (χ3n) is 3.43. The number of H-pyrrole nitrogens is 2. The van der Waals surface area contributed by atoms with Crippen molar-refractivity contribution < 1.29 is 4.92 Å². The number of nitro groups is 1. The molecule has 10 nitrogen and oxygen atoms in total. The molecule has 118 valence electrons. The Bertz CT molecular complexity index is 957. The first-order valence-electron chi connectivity index (χ1n) is 6.60. The zero-order valence-corrected chi connectivity index (χ0v) is 11.7. The number of rotatable bonds is 3. The van der Waals surface area contributed by atoms with E-state index in [1.165, 1.54) is 24.5 Å². The van der Waals surface area contributed by atoms with E-state index in [0.717, 1.165) is 0 Å². The molecule has 23 heavy (non-hydrogen) atoms. The van der Waals surface area contributed by atoms with Crippen LogP contribution in [-0.2, 0) is 6.54 Å². The van der Waals surface area contributed by atoms with Gasteiger partial charge in [-0.15, -0.1) is 0 Å². The Morgan fingerprint density at radius 3 is 2.74 bits per heavy atom. The van der Waals surface area contributed by atoms with Gasteiger partial charge in [-0.25, -0.2) is 0 Å². The minimum absolute atomic E-state index is 0.182. The number of non-ortho nitro benzene ring substituents is 1. The van der Waals surface area contributed by atoms with Crippen molar-refractivity contribution in [3.8, 4) is 0 Å². The lowest BCUT2D eigenvalue weighted by atomic mass is 10.1. The molecule has 2 heterocycles. The smallest absolute Gasteiger partial charge is 0.314 e. The van der Waals surface area contributed by atoms with E-state index in [-0.39, 0.29) is 17.7 Å². The molecule has 0 aliphatic carbocycles. The minimum Gasteiger partial charge on any atom is -0.352 e. The van der Waals surface area contributed by atoms with Gasteiger partial charge in [0.2, 0.25) is 0 Å². The number of aromatic amines is 2. The van der Waals surface area contributed by atoms with E-state index >= 15 is 0 Å². The SMILES string of the molecule is NC1C=NC=CN1Cc1cc([N+](=O)[O-])cc2[nH]c(=O)c(=O)[nH]c12. The molecule has 0 spiro atoms. The number of nitro benzene ring substituents is 1. The van der Waals surface area contributed by atoms with Crippen molar-refractivity contribution in [2.24, 2.45) is 10.7 Å². The third kappa shape index (κ3) is 2.74. The molecule has 4 N–H and O–H groups in total. The number of hydrogen-bond donors (Lipinski definition) is 3. The highest BCUT2D eigenvalue weighted by atomic mass is 16.6. The summed E-state index contributed by atoms with van der Waals surface area (Å²) in [7, 11) is 0. The van der Waals surface area contributed by atoms with Crippen LogP contribution in [0, 0.1) is 10.1 Å². The molecule has 10 heteroatoms. The van der Waals surface area contributed by atoms with Gasteiger partial charge in [-0.2, -0.15) is 0 Å². The fraction of sp³-hybridized carbons (Fsp3) is 0.154. The van der Waals surface area contributed by atoms with Gasteiger partial charge in [0.15, 0.2) is 0 Å². The topological polar surface area (TPSA) is 150 Å². The van der Waals surface area contributed by atoms with Crippen molar-refractivity contribution in [1.29, 1.82) is 0 Å². The summed E-state index contributed by atoms with van der Waals surface area (Å²) in [6.45, 7) is 0.198. The molecule has 0 bridgehead atoms. The van der Waals surface area contributed by atoms with Gasteiger partial charge in [-0.1, -0.05) is 0 Å². The normalized spacial score (nSPS) is 16.9. The predicted molar refractivity (Wildman–Crippen MR) is 83.0 cm³/mol. The summed E-state index contributed by atoms with van der Waals surface area (Å²) in [4.78, 5) is 43.9. The maximum atomic E-state index is 11.6. The highest BCUT2D eigenvalue weighted by Crippen LogP contribution is 2.23. The third-order valence-corrected chi connectivity index (χ3v) is 3.43. The molecular weight excluding hydrogens is 304 g/mol. The maximum absolute atomic E-state index is 11.6. The standard InChI is InChI=1S/C13H12N6O4/c14-10-5-15-1-2-18(10)6-7-3-8(19(22)23)4-9-11(7)17-13(21)12(20)16-9/h1-5,10H,6,14H2,(H,16,20)(H,17,21). The van der Waals surface area contributed by atoms with Gasteiger partial charge in [0.1, 0.15) is 6.17 Å². The molecule has 2 aromatic rings. The predicted octanol–water partition coefficient (Wildman–Crippen LogP) is -0.233. The van der Waals surface area contributed by atoms with Crippen molar-refractivity contribution in [3.63, 3.8) is 0 Å². The summed E-state index contributed by atoms with van der Waals surface area (Å²) in [6.07, 6.45) is 4.19. The number of fused-ring (bicyclic) bond motifs is 1. The summed E-state index contributed by atoms with van der Waals surface area (Å²) in [5.74, 6) is 0. The maximum Gasteiger partial charge on any atom is 0.314 e. The van der Waals surface area contributed by atoms with Crippen molar-refractivity contribution in [2.75, 3.05) is 0 Å². The molecule has 1 aromatic heterocycles. The second kappa shape index (κ2) is 5.50. The second-order valence-electron chi connectivity index (χ2n) is 4.95. The summed E-state index contributed by atoms with van der Waals surface area (Å²) in [5, 5.41) is 11.1. The number of hydrogen-bond acceptors (Lipinski definition) is 7. The molecule has 1 unspecified atom stereocenters. The van der Waals surface area contributed by atoms with Crippen molar-refractivity contribution in [3.05, 3.63) is 60.9 Å². The lowest BCUT2D eigenvalue weighted by Crippen LogP contribution is -2.40. The molecule has 3 rings (SSSR count). The highest BCUT2D eigenvalue weighted by molar-refractivity contribution is 5.80. The first kappa shape index (κ1) is 14.7. The minimum atomic E-state index is -0.870. The van der Waals surface area contributed by atoms with Crippen molar-refractivity contribution in [2.45, 2.75) is 12.7 Å². The van der Waals surface area contributed by atoms with Crippen molar-refractivity contribution >= 4 is 22.9 Å². The summed E-state index contributed by atoms with van der Waals surface area (Å²) < 4.78 is 0. The van der Waals surface area contributed by atoms with Gasteiger partial charge in [0, 0.05) is 42.9 Å². The quantitative estimate of drug-likeness (QED) is 0.404. The molecule has 1 atom stereocenters. The summed E-state index contributed by atoms with van der Waals surface area (Å²) in [6, 6.07) is 2.53. The zero-order valence-electron chi connectivity index (χ0n) is 11.7. The fourth-order valence-electron chi connectivity index (χ4n) is 2.31. The Hall–Kier alpha value is -3.27. The van der Waals surface area contributed by atoms with Crippen LogP contribution >= 0.6 is 0 Å². The first-order chi connectivity index (χ1) is 11.0. The lowest BCUT2D eigenvalue weighted by molar-refractivity contribution is -0.384. The number of benzene rings is 1. The van der Waals surface area contributed by atoms with E-state index in [9.17, 15) is 19.7 Å². The van der Waals surface area contributed by atoms with Gasteiger partial charge in [-0.3, -0.25) is 24.7 Å². The van der Waals surface area contributed by atoms with E-state index in [4.69, 9.17) is 5.73 Å². The number of aromatic nitrogens is 2. The average molecular weight is 316 g/mol. The van der Waals surface area contributed by atoms with Crippen LogP contribution in [0.15, 0.2) is 39.1 Å². The zero-order chi connectivity index (χ0) is 16.6. The molecule has 0 saturated heterocycles. The molecule has 0 radical (unpaired) electrons. The van der Waals surface area contributed by atoms with E-state index in [1.807, 2.05) is 0 Å². The average Bonchev–Trinajstić information content (AvgIpc) is 2.51. The lowest BCUT2D eigenvalue weighted by Gasteiger charge is -2.26. The Morgan fingerprint density at radius 2 is 2.04 bits per heavy atom. The monoisotopic (exact) mass is 316 g/mol. The number of nitrogens with zero attached hydrogens (tertiary/aromatic N) is 3.